The highest BCUT2D eigenvalue weighted by atomic mass is 16.6. The second kappa shape index (κ2) is 7.82. The maximum Gasteiger partial charge on any atom is 0.118 e. The Kier molecular flexibility index (Phi) is 5.83. The maximum absolute atomic E-state index is 10.7. The van der Waals surface area contributed by atoms with Crippen LogP contribution in [0.5, 0.6) is 0 Å². The van der Waals surface area contributed by atoms with Crippen LogP contribution < -0.4 is 5.32 Å². The molecule has 0 radical (unpaired) electrons. The van der Waals surface area contributed by atoms with Gasteiger partial charge in [0.25, 0.3) is 0 Å². The summed E-state index contributed by atoms with van der Waals surface area (Å²) >= 11 is 0. The highest BCUT2D eigenvalue weighted by Gasteiger charge is 2.62. The van der Waals surface area contributed by atoms with Gasteiger partial charge < -0.3 is 15.3 Å². The minimum absolute atomic E-state index is 0.0689. The van der Waals surface area contributed by atoms with Crippen LogP contribution in [-0.2, 0) is 4.84 Å². The van der Waals surface area contributed by atoms with Crippen molar-refractivity contribution in [3.8, 4) is 0 Å². The highest BCUT2D eigenvalue weighted by Crippen LogP contribution is 2.68. The number of aliphatic hydroxyl groups excluding tert-OH is 1. The molecule has 0 aromatic rings. The van der Waals surface area contributed by atoms with Crippen LogP contribution >= 0.6 is 0 Å². The lowest BCUT2D eigenvalue weighted by Gasteiger charge is -2.63. The second-order valence-electron chi connectivity index (χ2n) is 11.7. The molecule has 0 spiro atoms. The van der Waals surface area contributed by atoms with E-state index in [1.165, 1.54) is 44.2 Å². The summed E-state index contributed by atoms with van der Waals surface area (Å²) < 4.78 is 0. The zero-order valence-corrected chi connectivity index (χ0v) is 19.5. The van der Waals surface area contributed by atoms with Gasteiger partial charge in [0, 0.05) is 5.41 Å². The van der Waals surface area contributed by atoms with Crippen molar-refractivity contribution in [3.63, 3.8) is 0 Å². The van der Waals surface area contributed by atoms with E-state index in [4.69, 9.17) is 4.84 Å². The van der Waals surface area contributed by atoms with Crippen molar-refractivity contribution >= 4 is 5.71 Å². The number of nitrogens with zero attached hydrogens (tertiary/aromatic N) is 1. The molecule has 1 unspecified atom stereocenters. The first kappa shape index (κ1) is 21.6. The van der Waals surface area contributed by atoms with E-state index in [0.717, 1.165) is 43.6 Å². The summed E-state index contributed by atoms with van der Waals surface area (Å²) in [5.74, 6) is 3.07. The van der Waals surface area contributed by atoms with Crippen LogP contribution in [0.1, 0.15) is 85.5 Å². The van der Waals surface area contributed by atoms with Crippen molar-refractivity contribution in [3.05, 3.63) is 0 Å². The van der Waals surface area contributed by atoms with Crippen molar-refractivity contribution in [1.82, 2.24) is 5.32 Å². The summed E-state index contributed by atoms with van der Waals surface area (Å²) in [4.78, 5) is 5.73. The molecule has 2 N–H and O–H groups in total. The standard InChI is InChI=1S/C25H44N2O2/c1-23(2)20-9-7-17-18-8-10-22(28)25(18,4)13-11-19(17)24(20,3)14-12-21(23)27-29-16-6-15-26-5/h17-20,22,26,28H,6-16H2,1-5H3/b27-21+/t17-,18-,19-,20?,22-,24+,25-/m0/s1. The van der Waals surface area contributed by atoms with Crippen molar-refractivity contribution < 1.29 is 9.94 Å². The molecule has 29 heavy (non-hydrogen) atoms. The van der Waals surface area contributed by atoms with Crippen LogP contribution in [-0.4, -0.2) is 37.1 Å². The molecule has 0 bridgehead atoms. The molecule has 0 aromatic heterocycles. The number of fused-ring (bicyclic) bond motifs is 5. The highest BCUT2D eigenvalue weighted by molar-refractivity contribution is 5.90. The first-order chi connectivity index (χ1) is 13.7. The van der Waals surface area contributed by atoms with Crippen LogP contribution in [0, 0.1) is 39.9 Å². The molecule has 4 aliphatic rings. The van der Waals surface area contributed by atoms with Gasteiger partial charge >= 0.3 is 0 Å². The van der Waals surface area contributed by atoms with Crippen molar-refractivity contribution in [1.29, 1.82) is 0 Å². The molecule has 4 aliphatic carbocycles. The first-order valence-corrected chi connectivity index (χ1v) is 12.3. The average Bonchev–Trinajstić information content (AvgIpc) is 2.98. The normalized spacial score (nSPS) is 47.4. The van der Waals surface area contributed by atoms with Gasteiger partial charge in [-0.2, -0.15) is 0 Å². The van der Waals surface area contributed by atoms with E-state index in [1.807, 2.05) is 7.05 Å². The van der Waals surface area contributed by atoms with Gasteiger partial charge in [-0.25, -0.2) is 0 Å². The fourth-order valence-electron chi connectivity index (χ4n) is 8.48. The Balaban J connectivity index is 1.51. The van der Waals surface area contributed by atoms with Gasteiger partial charge in [-0.05, 0) is 106 Å². The molecule has 0 heterocycles. The summed E-state index contributed by atoms with van der Waals surface area (Å²) in [6, 6.07) is 0. The molecule has 0 saturated heterocycles. The zero-order valence-electron chi connectivity index (χ0n) is 19.5. The molecule has 0 aromatic carbocycles. The van der Waals surface area contributed by atoms with Crippen molar-refractivity contribution in [2.24, 2.45) is 45.1 Å². The number of oxime groups is 1. The van der Waals surface area contributed by atoms with Crippen LogP contribution in [0.4, 0.5) is 0 Å². The Morgan fingerprint density at radius 1 is 1.00 bits per heavy atom. The minimum Gasteiger partial charge on any atom is -0.396 e. The smallest absolute Gasteiger partial charge is 0.118 e. The van der Waals surface area contributed by atoms with Gasteiger partial charge in [-0.3, -0.25) is 0 Å². The summed E-state index contributed by atoms with van der Waals surface area (Å²) in [5.41, 5.74) is 2.01. The van der Waals surface area contributed by atoms with Gasteiger partial charge in [-0.15, -0.1) is 0 Å². The third-order valence-corrected chi connectivity index (χ3v) is 10.2. The Morgan fingerprint density at radius 3 is 2.52 bits per heavy atom. The number of aliphatic hydroxyl groups is 1. The maximum atomic E-state index is 10.7. The lowest BCUT2D eigenvalue weighted by atomic mass is 9.41. The second-order valence-corrected chi connectivity index (χ2v) is 11.7. The van der Waals surface area contributed by atoms with Gasteiger partial charge in [0.1, 0.15) is 6.61 Å². The zero-order chi connectivity index (χ0) is 20.9. The minimum atomic E-state index is -0.0689. The molecule has 4 rings (SSSR count). The predicted octanol–water partition coefficient (Wildman–Crippen LogP) is 5.01. The molecule has 0 amide bonds. The van der Waals surface area contributed by atoms with E-state index in [1.54, 1.807) is 0 Å². The van der Waals surface area contributed by atoms with Crippen LogP contribution in [0.2, 0.25) is 0 Å². The van der Waals surface area contributed by atoms with Crippen LogP contribution in [0.15, 0.2) is 5.16 Å². The molecule has 0 aliphatic heterocycles. The Hall–Kier alpha value is -0.610. The molecular formula is C25H44N2O2. The number of hydrogen-bond acceptors (Lipinski definition) is 4. The van der Waals surface area contributed by atoms with Gasteiger partial charge in [0.15, 0.2) is 0 Å². The Labute approximate surface area is 178 Å². The van der Waals surface area contributed by atoms with Crippen LogP contribution in [0.25, 0.3) is 0 Å². The van der Waals surface area contributed by atoms with E-state index in [2.05, 4.69) is 38.2 Å². The third-order valence-electron chi connectivity index (χ3n) is 10.2. The fourth-order valence-corrected chi connectivity index (χ4v) is 8.48. The topological polar surface area (TPSA) is 53.8 Å². The molecule has 4 heteroatoms. The molecule has 4 saturated carbocycles. The summed E-state index contributed by atoms with van der Waals surface area (Å²) in [5, 5.41) is 18.5. The number of rotatable bonds is 5. The summed E-state index contributed by atoms with van der Waals surface area (Å²) in [7, 11) is 1.98. The number of hydrogen-bond donors (Lipinski definition) is 2. The first-order valence-electron chi connectivity index (χ1n) is 12.3. The monoisotopic (exact) mass is 404 g/mol. The largest absolute Gasteiger partial charge is 0.396 e. The van der Waals surface area contributed by atoms with Crippen molar-refractivity contribution in [2.75, 3.05) is 20.2 Å². The van der Waals surface area contributed by atoms with E-state index in [9.17, 15) is 5.11 Å². The lowest BCUT2D eigenvalue weighted by molar-refractivity contribution is -0.131. The Morgan fingerprint density at radius 2 is 1.76 bits per heavy atom. The van der Waals surface area contributed by atoms with E-state index in [0.29, 0.717) is 17.9 Å². The van der Waals surface area contributed by atoms with Gasteiger partial charge in [0.2, 0.25) is 0 Å². The molecular weight excluding hydrogens is 360 g/mol. The average molecular weight is 405 g/mol. The predicted molar refractivity (Wildman–Crippen MR) is 119 cm³/mol. The molecule has 4 nitrogen and oxygen atoms in total. The molecule has 7 atom stereocenters. The quantitative estimate of drug-likeness (QED) is 0.500. The Bertz CT molecular complexity index is 632. The van der Waals surface area contributed by atoms with Crippen molar-refractivity contribution in [2.45, 2.75) is 91.6 Å². The lowest BCUT2D eigenvalue weighted by Crippen LogP contribution is -2.58. The van der Waals surface area contributed by atoms with E-state index < -0.39 is 0 Å². The molecule has 4 fully saturated rings. The van der Waals surface area contributed by atoms with Crippen LogP contribution in [0.3, 0.4) is 0 Å². The third kappa shape index (κ3) is 3.37. The van der Waals surface area contributed by atoms with Gasteiger partial charge in [-0.1, -0.05) is 32.9 Å². The van der Waals surface area contributed by atoms with Gasteiger partial charge in [0.05, 0.1) is 11.8 Å². The van der Waals surface area contributed by atoms with E-state index >= 15 is 0 Å². The molecule has 166 valence electrons. The SMILES string of the molecule is CNCCCO/N=C1\CC[C@@]2(C)C(CC[C@H]3[C@@H]4CC[C@H](O)[C@@]4(C)CC[C@@H]32)C1(C)C. The summed E-state index contributed by atoms with van der Waals surface area (Å²) in [6.07, 6.45) is 10.7. The number of nitrogens with one attached hydrogen (secondary N) is 1. The fraction of sp³-hybridized carbons (Fsp3) is 0.960. The van der Waals surface area contributed by atoms with E-state index in [-0.39, 0.29) is 16.9 Å². The summed E-state index contributed by atoms with van der Waals surface area (Å²) in [6.45, 7) is 11.5.